The molecule has 2 rings (SSSR count). The SMILES string of the molecule is C[C@H]1CN(CCC2(O)CCC(C(N)=O)CC2)CC[C@@H]1O. The van der Waals surface area contributed by atoms with Crippen LogP contribution in [0, 0.1) is 11.8 Å². The van der Waals surface area contributed by atoms with Crippen molar-refractivity contribution in [1.82, 2.24) is 4.90 Å². The molecule has 2 fully saturated rings. The summed E-state index contributed by atoms with van der Waals surface area (Å²) in [6, 6.07) is 0. The van der Waals surface area contributed by atoms with Crippen molar-refractivity contribution in [1.29, 1.82) is 0 Å². The third-order valence-corrected chi connectivity index (χ3v) is 5.16. The standard InChI is InChI=1S/C15H28N2O3/c1-11-10-17(8-4-13(11)18)9-7-15(20)5-2-12(3-6-15)14(16)19/h11-13,18,20H,2-10H2,1H3,(H2,16,19)/t11-,12?,13-,15?/m0/s1. The van der Waals surface area contributed by atoms with Crippen molar-refractivity contribution in [3.05, 3.63) is 0 Å². The Balaban J connectivity index is 1.75. The first-order valence-electron chi connectivity index (χ1n) is 7.82. The number of primary amides is 1. The predicted octanol–water partition coefficient (Wildman–Crippen LogP) is 0.486. The summed E-state index contributed by atoms with van der Waals surface area (Å²) in [5.41, 5.74) is 4.69. The summed E-state index contributed by atoms with van der Waals surface area (Å²) < 4.78 is 0. The molecule has 1 amide bonds. The minimum absolute atomic E-state index is 0.0552. The molecule has 5 heteroatoms. The molecule has 0 aromatic heterocycles. The van der Waals surface area contributed by atoms with Crippen molar-refractivity contribution < 1.29 is 15.0 Å². The maximum Gasteiger partial charge on any atom is 0.220 e. The lowest BCUT2D eigenvalue weighted by Gasteiger charge is -2.39. The van der Waals surface area contributed by atoms with Crippen LogP contribution < -0.4 is 5.73 Å². The molecule has 1 saturated carbocycles. The Labute approximate surface area is 121 Å². The van der Waals surface area contributed by atoms with Crippen LogP contribution in [-0.2, 0) is 4.79 Å². The summed E-state index contributed by atoms with van der Waals surface area (Å²) >= 11 is 0. The summed E-state index contributed by atoms with van der Waals surface area (Å²) in [5, 5.41) is 20.3. The highest BCUT2D eigenvalue weighted by molar-refractivity contribution is 5.76. The Kier molecular flexibility index (Phi) is 5.04. The maximum atomic E-state index is 11.1. The van der Waals surface area contributed by atoms with Crippen LogP contribution in [0.1, 0.15) is 45.4 Å². The second-order valence-corrected chi connectivity index (χ2v) is 6.78. The average molecular weight is 284 g/mol. The van der Waals surface area contributed by atoms with Crippen LogP contribution >= 0.6 is 0 Å². The summed E-state index contributed by atoms with van der Waals surface area (Å²) in [7, 11) is 0. The van der Waals surface area contributed by atoms with Gasteiger partial charge in [0.25, 0.3) is 0 Å². The van der Waals surface area contributed by atoms with E-state index in [0.29, 0.717) is 31.6 Å². The van der Waals surface area contributed by atoms with Gasteiger partial charge in [0.2, 0.25) is 5.91 Å². The second kappa shape index (κ2) is 6.41. The van der Waals surface area contributed by atoms with Gasteiger partial charge in [0.15, 0.2) is 0 Å². The van der Waals surface area contributed by atoms with Gasteiger partial charge in [-0.15, -0.1) is 0 Å². The zero-order valence-electron chi connectivity index (χ0n) is 12.4. The minimum Gasteiger partial charge on any atom is -0.393 e. The van der Waals surface area contributed by atoms with E-state index < -0.39 is 5.60 Å². The molecule has 116 valence electrons. The topological polar surface area (TPSA) is 86.8 Å². The number of hydrogen-bond acceptors (Lipinski definition) is 4. The lowest BCUT2D eigenvalue weighted by atomic mass is 9.77. The van der Waals surface area contributed by atoms with Gasteiger partial charge in [0, 0.05) is 25.6 Å². The van der Waals surface area contributed by atoms with Crippen molar-refractivity contribution in [3.8, 4) is 0 Å². The normalized spacial score (nSPS) is 39.6. The highest BCUT2D eigenvalue weighted by atomic mass is 16.3. The van der Waals surface area contributed by atoms with E-state index in [1.54, 1.807) is 0 Å². The minimum atomic E-state index is -0.634. The van der Waals surface area contributed by atoms with E-state index in [4.69, 9.17) is 5.73 Å². The molecule has 20 heavy (non-hydrogen) atoms. The molecule has 0 unspecified atom stereocenters. The van der Waals surface area contributed by atoms with Crippen LogP contribution in [0.4, 0.5) is 0 Å². The first kappa shape index (κ1) is 15.7. The molecule has 0 spiro atoms. The molecule has 0 aromatic carbocycles. The number of aliphatic hydroxyl groups excluding tert-OH is 1. The Hall–Kier alpha value is -0.650. The number of piperidine rings is 1. The van der Waals surface area contributed by atoms with Gasteiger partial charge in [-0.2, -0.15) is 0 Å². The highest BCUT2D eigenvalue weighted by Crippen LogP contribution is 2.34. The van der Waals surface area contributed by atoms with Gasteiger partial charge in [-0.05, 0) is 44.4 Å². The molecule has 0 radical (unpaired) electrons. The fourth-order valence-electron chi connectivity index (χ4n) is 3.48. The van der Waals surface area contributed by atoms with E-state index in [0.717, 1.165) is 32.5 Å². The van der Waals surface area contributed by atoms with Crippen molar-refractivity contribution in [2.45, 2.75) is 57.2 Å². The third-order valence-electron chi connectivity index (χ3n) is 5.16. The van der Waals surface area contributed by atoms with Gasteiger partial charge in [-0.3, -0.25) is 4.79 Å². The molecule has 0 aromatic rings. The van der Waals surface area contributed by atoms with E-state index in [2.05, 4.69) is 11.8 Å². The Morgan fingerprint density at radius 1 is 1.35 bits per heavy atom. The van der Waals surface area contributed by atoms with Gasteiger partial charge in [-0.1, -0.05) is 6.92 Å². The zero-order valence-corrected chi connectivity index (χ0v) is 12.4. The number of aliphatic hydroxyl groups is 2. The van der Waals surface area contributed by atoms with Crippen LogP contribution in [0.25, 0.3) is 0 Å². The molecular formula is C15H28N2O3. The number of likely N-dealkylation sites (tertiary alicyclic amines) is 1. The van der Waals surface area contributed by atoms with Crippen molar-refractivity contribution >= 4 is 5.91 Å². The maximum absolute atomic E-state index is 11.1. The van der Waals surface area contributed by atoms with E-state index in [9.17, 15) is 15.0 Å². The van der Waals surface area contributed by atoms with Crippen LogP contribution in [0.15, 0.2) is 0 Å². The quantitative estimate of drug-likeness (QED) is 0.701. The van der Waals surface area contributed by atoms with Gasteiger partial charge in [0.1, 0.15) is 0 Å². The molecule has 5 nitrogen and oxygen atoms in total. The summed E-state index contributed by atoms with van der Waals surface area (Å²) in [6.45, 7) is 4.76. The smallest absolute Gasteiger partial charge is 0.220 e. The summed E-state index contributed by atoms with van der Waals surface area (Å²) in [6.07, 6.45) is 4.16. The van der Waals surface area contributed by atoms with E-state index in [-0.39, 0.29) is 17.9 Å². The van der Waals surface area contributed by atoms with Gasteiger partial charge < -0.3 is 20.8 Å². The molecule has 2 aliphatic rings. The average Bonchev–Trinajstić information content (AvgIpc) is 2.41. The molecule has 1 saturated heterocycles. The number of amides is 1. The summed E-state index contributed by atoms with van der Waals surface area (Å²) in [4.78, 5) is 13.5. The monoisotopic (exact) mass is 284 g/mol. The van der Waals surface area contributed by atoms with Gasteiger partial charge in [0.05, 0.1) is 11.7 Å². The zero-order chi connectivity index (χ0) is 14.8. The Bertz CT molecular complexity index is 340. The fourth-order valence-corrected chi connectivity index (χ4v) is 3.48. The van der Waals surface area contributed by atoms with Crippen LogP contribution in [0.3, 0.4) is 0 Å². The largest absolute Gasteiger partial charge is 0.393 e. The van der Waals surface area contributed by atoms with E-state index in [1.807, 2.05) is 0 Å². The van der Waals surface area contributed by atoms with Crippen LogP contribution in [0.2, 0.25) is 0 Å². The number of nitrogens with two attached hydrogens (primary N) is 1. The van der Waals surface area contributed by atoms with Gasteiger partial charge >= 0.3 is 0 Å². The summed E-state index contributed by atoms with van der Waals surface area (Å²) in [5.74, 6) is 0.0234. The predicted molar refractivity (Wildman–Crippen MR) is 76.9 cm³/mol. The van der Waals surface area contributed by atoms with Gasteiger partial charge in [-0.25, -0.2) is 0 Å². The fraction of sp³-hybridized carbons (Fsp3) is 0.933. The van der Waals surface area contributed by atoms with Crippen molar-refractivity contribution in [3.63, 3.8) is 0 Å². The number of nitrogens with zero attached hydrogens (tertiary/aromatic N) is 1. The van der Waals surface area contributed by atoms with Crippen LogP contribution in [-0.4, -0.2) is 52.4 Å². The second-order valence-electron chi connectivity index (χ2n) is 6.78. The molecule has 4 N–H and O–H groups in total. The lowest BCUT2D eigenvalue weighted by Crippen LogP contribution is -2.45. The third kappa shape index (κ3) is 3.93. The molecule has 1 aliphatic heterocycles. The Morgan fingerprint density at radius 2 is 2.00 bits per heavy atom. The number of rotatable bonds is 4. The Morgan fingerprint density at radius 3 is 2.55 bits per heavy atom. The van der Waals surface area contributed by atoms with E-state index >= 15 is 0 Å². The first-order valence-corrected chi connectivity index (χ1v) is 7.82. The van der Waals surface area contributed by atoms with Crippen LogP contribution in [0.5, 0.6) is 0 Å². The number of carbonyl (C=O) groups excluding carboxylic acids is 1. The molecule has 0 bridgehead atoms. The molecule has 1 aliphatic carbocycles. The first-order chi connectivity index (χ1) is 9.39. The molecular weight excluding hydrogens is 256 g/mol. The van der Waals surface area contributed by atoms with E-state index in [1.165, 1.54) is 0 Å². The lowest BCUT2D eigenvalue weighted by molar-refractivity contribution is -0.124. The highest BCUT2D eigenvalue weighted by Gasteiger charge is 2.35. The van der Waals surface area contributed by atoms with Crippen molar-refractivity contribution in [2.24, 2.45) is 17.6 Å². The number of hydrogen-bond donors (Lipinski definition) is 3. The molecule has 2 atom stereocenters. The number of carbonyl (C=O) groups is 1. The molecule has 1 heterocycles. The van der Waals surface area contributed by atoms with Crippen molar-refractivity contribution in [2.75, 3.05) is 19.6 Å².